The third-order valence-electron chi connectivity index (χ3n) is 1.95. The number of primary amides is 1. The minimum Gasteiger partial charge on any atom is -0.374 e. The summed E-state index contributed by atoms with van der Waals surface area (Å²) in [5.41, 5.74) is 5.09. The van der Waals surface area contributed by atoms with Gasteiger partial charge in [0.15, 0.2) is 0 Å². The van der Waals surface area contributed by atoms with Gasteiger partial charge in [0.1, 0.15) is 0 Å². The Kier molecular flexibility index (Phi) is 12.4. The molecule has 0 aliphatic rings. The van der Waals surface area contributed by atoms with Crippen LogP contribution in [0.25, 0.3) is 0 Å². The molecule has 0 heterocycles. The molecule has 0 spiro atoms. The average Bonchev–Trinajstić information content (AvgIpc) is 2.30. The number of carbonyl (C=O) groups excluding carboxylic acids is 1. The Morgan fingerprint density at radius 2 is 1.33 bits per heavy atom. The van der Waals surface area contributed by atoms with Gasteiger partial charge < -0.3 is 19.0 Å². The van der Waals surface area contributed by atoms with Gasteiger partial charge in [-0.1, -0.05) is 13.5 Å². The van der Waals surface area contributed by atoms with Crippen LogP contribution < -0.4 is 5.73 Å². The average molecular weight is 277 g/mol. The van der Waals surface area contributed by atoms with Crippen LogP contribution in [0.1, 0.15) is 34.6 Å². The van der Waals surface area contributed by atoms with E-state index in [2.05, 4.69) is 6.58 Å². The predicted octanol–water partition coefficient (Wildman–Crippen LogP) is 2.10. The van der Waals surface area contributed by atoms with E-state index >= 15 is 0 Å². The Hall–Kier alpha value is -0.693. The first kappa shape index (κ1) is 19.6. The van der Waals surface area contributed by atoms with Crippen molar-refractivity contribution in [2.24, 2.45) is 5.73 Å². The van der Waals surface area contributed by atoms with Crippen LogP contribution >= 0.6 is 0 Å². The van der Waals surface area contributed by atoms with Gasteiger partial charge in [-0.15, -0.1) is 0 Å². The van der Waals surface area contributed by atoms with Crippen LogP contribution in [0.4, 0.5) is 0 Å². The van der Waals surface area contributed by atoms with Crippen molar-refractivity contribution in [3.05, 3.63) is 12.2 Å². The summed E-state index contributed by atoms with van der Waals surface area (Å²) in [5.74, 6) is -0.435. The van der Waals surface area contributed by atoms with E-state index in [0.717, 1.165) is 6.04 Å². The first-order valence-corrected chi connectivity index (χ1v) is 8.19. The van der Waals surface area contributed by atoms with Crippen LogP contribution in [0, 0.1) is 0 Å². The van der Waals surface area contributed by atoms with Crippen molar-refractivity contribution in [1.82, 2.24) is 0 Å². The molecule has 0 fully saturated rings. The van der Waals surface area contributed by atoms with E-state index in [1.54, 1.807) is 6.92 Å². The molecule has 0 aliphatic carbocycles. The van der Waals surface area contributed by atoms with Gasteiger partial charge in [-0.3, -0.25) is 4.79 Å². The molecule has 0 saturated heterocycles. The van der Waals surface area contributed by atoms with Gasteiger partial charge in [0.2, 0.25) is 5.91 Å². The van der Waals surface area contributed by atoms with Crippen LogP contribution in [0.3, 0.4) is 0 Å². The van der Waals surface area contributed by atoms with Gasteiger partial charge in [-0.25, -0.2) is 0 Å². The Bertz CT molecular complexity index is 217. The second kappa shape index (κ2) is 11.4. The van der Waals surface area contributed by atoms with E-state index in [-0.39, 0.29) is 0 Å². The SMILES string of the molecule is C=C(C)C(N)=O.CCO[Si](CC)(OCC)OCC. The Labute approximate surface area is 112 Å². The maximum Gasteiger partial charge on any atom is 0.500 e. The highest BCUT2D eigenvalue weighted by atomic mass is 28.4. The summed E-state index contributed by atoms with van der Waals surface area (Å²) in [7, 11) is -2.27. The summed E-state index contributed by atoms with van der Waals surface area (Å²) >= 11 is 0. The van der Waals surface area contributed by atoms with Gasteiger partial charge in [0, 0.05) is 31.4 Å². The summed E-state index contributed by atoms with van der Waals surface area (Å²) in [6.45, 7) is 14.8. The van der Waals surface area contributed by atoms with Crippen LogP contribution in [0.5, 0.6) is 0 Å². The number of hydrogen-bond acceptors (Lipinski definition) is 4. The lowest BCUT2D eigenvalue weighted by molar-refractivity contribution is -0.114. The maximum absolute atomic E-state index is 9.82. The minimum absolute atomic E-state index is 0.398. The van der Waals surface area contributed by atoms with Gasteiger partial charge in [0.25, 0.3) is 0 Å². The summed E-state index contributed by atoms with van der Waals surface area (Å²) < 4.78 is 16.7. The topological polar surface area (TPSA) is 70.8 Å². The zero-order valence-electron chi connectivity index (χ0n) is 12.2. The number of rotatable bonds is 8. The van der Waals surface area contributed by atoms with Crippen molar-refractivity contribution in [2.75, 3.05) is 19.8 Å². The molecular weight excluding hydrogens is 250 g/mol. The molecule has 5 nitrogen and oxygen atoms in total. The minimum atomic E-state index is -2.27. The summed E-state index contributed by atoms with van der Waals surface area (Å²) in [6.07, 6.45) is 0. The van der Waals surface area contributed by atoms with Crippen molar-refractivity contribution in [1.29, 1.82) is 0 Å². The molecule has 0 aromatic carbocycles. The summed E-state index contributed by atoms with van der Waals surface area (Å²) in [6, 6.07) is 0.850. The lowest BCUT2D eigenvalue weighted by Crippen LogP contribution is -2.45. The number of carbonyl (C=O) groups is 1. The fraction of sp³-hybridized carbons (Fsp3) is 0.750. The Balaban J connectivity index is 0. The van der Waals surface area contributed by atoms with Gasteiger partial charge in [-0.05, 0) is 27.7 Å². The van der Waals surface area contributed by atoms with E-state index in [9.17, 15) is 4.79 Å². The highest BCUT2D eigenvalue weighted by molar-refractivity contribution is 6.60. The molecular formula is C12H27NO4Si. The first-order chi connectivity index (χ1) is 8.39. The molecule has 0 saturated carbocycles. The maximum atomic E-state index is 9.82. The number of hydrogen-bond donors (Lipinski definition) is 1. The normalized spacial score (nSPS) is 10.5. The molecule has 0 aromatic rings. The van der Waals surface area contributed by atoms with Gasteiger partial charge >= 0.3 is 8.80 Å². The smallest absolute Gasteiger partial charge is 0.374 e. The third-order valence-corrected chi connectivity index (χ3v) is 5.00. The van der Waals surface area contributed by atoms with Crippen molar-refractivity contribution >= 4 is 14.7 Å². The fourth-order valence-electron chi connectivity index (χ4n) is 1.09. The van der Waals surface area contributed by atoms with Crippen molar-refractivity contribution in [3.8, 4) is 0 Å². The molecule has 6 heteroatoms. The molecule has 2 N–H and O–H groups in total. The Morgan fingerprint density at radius 3 is 1.44 bits per heavy atom. The quantitative estimate of drug-likeness (QED) is 0.545. The number of amides is 1. The van der Waals surface area contributed by atoms with E-state index in [1.165, 1.54) is 0 Å². The monoisotopic (exact) mass is 277 g/mol. The van der Waals surface area contributed by atoms with E-state index in [1.807, 2.05) is 27.7 Å². The molecule has 18 heavy (non-hydrogen) atoms. The van der Waals surface area contributed by atoms with Crippen molar-refractivity contribution < 1.29 is 18.1 Å². The van der Waals surface area contributed by atoms with E-state index < -0.39 is 14.7 Å². The van der Waals surface area contributed by atoms with Crippen LogP contribution in [0.15, 0.2) is 12.2 Å². The van der Waals surface area contributed by atoms with E-state index in [0.29, 0.717) is 25.4 Å². The standard InChI is InChI=1S/C8H20O3Si.C4H7NO/c1-5-9-12(8-4,10-6-2)11-7-3;1-3(2)4(5)6/h5-8H2,1-4H3;1H2,2H3,(H2,5,6). The molecule has 0 aromatic heterocycles. The Morgan fingerprint density at radius 1 is 1.06 bits per heavy atom. The molecule has 0 rings (SSSR count). The van der Waals surface area contributed by atoms with Gasteiger partial charge in [-0.2, -0.15) is 0 Å². The zero-order valence-corrected chi connectivity index (χ0v) is 13.2. The molecule has 0 unspecified atom stereocenters. The second-order valence-electron chi connectivity index (χ2n) is 3.48. The molecule has 0 bridgehead atoms. The molecule has 0 atom stereocenters. The van der Waals surface area contributed by atoms with Crippen LogP contribution in [-0.2, 0) is 18.1 Å². The molecule has 0 aliphatic heterocycles. The highest BCUT2D eigenvalue weighted by Crippen LogP contribution is 2.14. The third kappa shape index (κ3) is 9.35. The van der Waals surface area contributed by atoms with Crippen LogP contribution in [0.2, 0.25) is 6.04 Å². The molecule has 1 amide bonds. The lowest BCUT2D eigenvalue weighted by atomic mass is 10.3. The highest BCUT2D eigenvalue weighted by Gasteiger charge is 2.37. The largest absolute Gasteiger partial charge is 0.500 e. The van der Waals surface area contributed by atoms with E-state index in [4.69, 9.17) is 19.0 Å². The van der Waals surface area contributed by atoms with Crippen molar-refractivity contribution in [3.63, 3.8) is 0 Å². The zero-order chi connectivity index (χ0) is 14.6. The molecule has 108 valence electrons. The number of nitrogens with two attached hydrogens (primary N) is 1. The van der Waals surface area contributed by atoms with Crippen molar-refractivity contribution in [2.45, 2.75) is 40.7 Å². The fourth-order valence-corrected chi connectivity index (χ4v) is 3.27. The summed E-state index contributed by atoms with van der Waals surface area (Å²) in [4.78, 5) is 9.82. The molecule has 0 radical (unpaired) electrons. The second-order valence-corrected chi connectivity index (χ2v) is 6.42. The lowest BCUT2D eigenvalue weighted by Gasteiger charge is -2.26. The first-order valence-electron chi connectivity index (χ1n) is 6.26. The summed E-state index contributed by atoms with van der Waals surface area (Å²) in [5, 5.41) is 0. The predicted molar refractivity (Wildman–Crippen MR) is 75.1 cm³/mol. The van der Waals surface area contributed by atoms with Crippen LogP contribution in [-0.4, -0.2) is 34.5 Å². The van der Waals surface area contributed by atoms with Gasteiger partial charge in [0.05, 0.1) is 0 Å².